The molecule has 0 saturated heterocycles. The quantitative estimate of drug-likeness (QED) is 0.360. The van der Waals surface area contributed by atoms with E-state index in [9.17, 15) is 8.78 Å². The molecule has 0 aliphatic rings. The predicted molar refractivity (Wildman–Crippen MR) is 107 cm³/mol. The summed E-state index contributed by atoms with van der Waals surface area (Å²) in [5, 5.41) is 6.55. The van der Waals surface area contributed by atoms with Crippen molar-refractivity contribution in [2.75, 3.05) is 0 Å². The second-order valence-corrected chi connectivity index (χ2v) is 6.85. The molecular formula is C22H12ClF2N3. The highest BCUT2D eigenvalue weighted by molar-refractivity contribution is 6.30. The first kappa shape index (κ1) is 16.8. The maximum absolute atomic E-state index is 14.1. The first-order valence-corrected chi connectivity index (χ1v) is 8.97. The molecule has 3 aromatic carbocycles. The zero-order chi connectivity index (χ0) is 19.3. The van der Waals surface area contributed by atoms with E-state index in [0.717, 1.165) is 28.8 Å². The minimum atomic E-state index is -0.934. The summed E-state index contributed by atoms with van der Waals surface area (Å²) in [5.74, 6) is -1.86. The monoisotopic (exact) mass is 391 g/mol. The lowest BCUT2D eigenvalue weighted by Gasteiger charge is -2.07. The highest BCUT2D eigenvalue weighted by Crippen LogP contribution is 2.34. The Morgan fingerprint density at radius 1 is 0.821 bits per heavy atom. The molecule has 2 aromatic heterocycles. The molecule has 0 aliphatic heterocycles. The molecule has 0 fully saturated rings. The van der Waals surface area contributed by atoms with Gasteiger partial charge in [-0.05, 0) is 24.3 Å². The maximum Gasteiger partial charge on any atom is 0.161 e. The van der Waals surface area contributed by atoms with Gasteiger partial charge in [0, 0.05) is 33.6 Å². The Morgan fingerprint density at radius 2 is 1.61 bits per heavy atom. The van der Waals surface area contributed by atoms with Crippen LogP contribution < -0.4 is 0 Å². The number of aromatic nitrogens is 3. The van der Waals surface area contributed by atoms with E-state index in [-0.39, 0.29) is 0 Å². The summed E-state index contributed by atoms with van der Waals surface area (Å²) in [4.78, 5) is 4.34. The van der Waals surface area contributed by atoms with Gasteiger partial charge >= 0.3 is 0 Å². The van der Waals surface area contributed by atoms with Gasteiger partial charge in [-0.15, -0.1) is 0 Å². The topological polar surface area (TPSA) is 30.7 Å². The lowest BCUT2D eigenvalue weighted by molar-refractivity contribution is 0.511. The Kier molecular flexibility index (Phi) is 3.84. The number of halogens is 3. The highest BCUT2D eigenvalue weighted by atomic mass is 35.5. The fourth-order valence-electron chi connectivity index (χ4n) is 3.38. The van der Waals surface area contributed by atoms with Crippen LogP contribution in [0.5, 0.6) is 0 Å². The van der Waals surface area contributed by atoms with Crippen molar-refractivity contribution in [3.63, 3.8) is 0 Å². The first-order chi connectivity index (χ1) is 13.6. The van der Waals surface area contributed by atoms with Gasteiger partial charge in [-0.2, -0.15) is 5.10 Å². The zero-order valence-electron chi connectivity index (χ0n) is 14.4. The van der Waals surface area contributed by atoms with Crippen LogP contribution in [-0.2, 0) is 0 Å². The van der Waals surface area contributed by atoms with Crippen LogP contribution >= 0.6 is 11.6 Å². The Morgan fingerprint density at radius 3 is 2.39 bits per heavy atom. The van der Waals surface area contributed by atoms with Crippen molar-refractivity contribution in [3.8, 4) is 16.9 Å². The van der Waals surface area contributed by atoms with Crippen LogP contribution in [0.3, 0.4) is 0 Å². The summed E-state index contributed by atoms with van der Waals surface area (Å²) in [5.41, 5.74) is 3.32. The molecule has 0 N–H and O–H groups in total. The van der Waals surface area contributed by atoms with Gasteiger partial charge in [0.1, 0.15) is 5.69 Å². The Balaban J connectivity index is 1.94. The van der Waals surface area contributed by atoms with Crippen molar-refractivity contribution in [2.45, 2.75) is 0 Å². The van der Waals surface area contributed by atoms with E-state index < -0.39 is 11.6 Å². The fraction of sp³-hybridized carbons (Fsp3) is 0. The molecule has 0 amide bonds. The van der Waals surface area contributed by atoms with Crippen molar-refractivity contribution in [1.29, 1.82) is 0 Å². The third kappa shape index (κ3) is 2.63. The predicted octanol–water partition coefficient (Wildman–Crippen LogP) is 6.17. The third-order valence-corrected chi connectivity index (χ3v) is 4.88. The van der Waals surface area contributed by atoms with Gasteiger partial charge in [0.2, 0.25) is 0 Å². The molecule has 0 radical (unpaired) electrons. The molecule has 0 aliphatic carbocycles. The van der Waals surface area contributed by atoms with E-state index in [1.54, 1.807) is 23.0 Å². The first-order valence-electron chi connectivity index (χ1n) is 8.59. The lowest BCUT2D eigenvalue weighted by Crippen LogP contribution is -1.98. The number of hydrogen-bond donors (Lipinski definition) is 0. The summed E-state index contributed by atoms with van der Waals surface area (Å²) in [6.45, 7) is 0. The summed E-state index contributed by atoms with van der Waals surface area (Å²) in [7, 11) is 0. The number of pyridine rings is 1. The number of rotatable bonds is 2. The zero-order valence-corrected chi connectivity index (χ0v) is 15.2. The molecule has 0 bridgehead atoms. The lowest BCUT2D eigenvalue weighted by atomic mass is 10.1. The Hall–Kier alpha value is -3.31. The maximum atomic E-state index is 14.1. The van der Waals surface area contributed by atoms with Gasteiger partial charge in [0.05, 0.1) is 16.7 Å². The Bertz CT molecular complexity index is 1350. The van der Waals surface area contributed by atoms with Crippen LogP contribution in [0, 0.1) is 11.6 Å². The number of benzene rings is 3. The average Bonchev–Trinajstić information content (AvgIpc) is 3.10. The van der Waals surface area contributed by atoms with Crippen molar-refractivity contribution < 1.29 is 8.78 Å². The van der Waals surface area contributed by atoms with Gasteiger partial charge < -0.3 is 0 Å². The number of fused-ring (bicyclic) bond motifs is 3. The third-order valence-electron chi connectivity index (χ3n) is 4.65. The van der Waals surface area contributed by atoms with Crippen molar-refractivity contribution in [1.82, 2.24) is 14.8 Å². The summed E-state index contributed by atoms with van der Waals surface area (Å²) < 4.78 is 29.5. The molecule has 28 heavy (non-hydrogen) atoms. The smallest absolute Gasteiger partial charge is 0.161 e. The summed E-state index contributed by atoms with van der Waals surface area (Å²) in [6, 6.07) is 19.1. The minimum absolute atomic E-state index is 0.356. The van der Waals surface area contributed by atoms with Gasteiger partial charge in [-0.3, -0.25) is 4.98 Å². The highest BCUT2D eigenvalue weighted by Gasteiger charge is 2.18. The van der Waals surface area contributed by atoms with E-state index in [1.165, 1.54) is 0 Å². The summed E-state index contributed by atoms with van der Waals surface area (Å²) >= 11 is 6.17. The Labute approximate surface area is 163 Å². The van der Waals surface area contributed by atoms with Gasteiger partial charge in [0.15, 0.2) is 11.6 Å². The number of nitrogens with zero attached hydrogens (tertiary/aromatic N) is 3. The van der Waals surface area contributed by atoms with Gasteiger partial charge in [-0.1, -0.05) is 48.0 Å². The van der Waals surface area contributed by atoms with Gasteiger partial charge in [-0.25, -0.2) is 13.5 Å². The molecule has 3 nitrogen and oxygen atoms in total. The molecule has 5 rings (SSSR count). The molecule has 2 heterocycles. The van der Waals surface area contributed by atoms with E-state index in [4.69, 9.17) is 16.7 Å². The molecule has 0 unspecified atom stereocenters. The second-order valence-electron chi connectivity index (χ2n) is 6.41. The molecule has 6 heteroatoms. The van der Waals surface area contributed by atoms with Crippen LogP contribution in [0.15, 0.2) is 72.9 Å². The molecular weight excluding hydrogens is 380 g/mol. The normalized spacial score (nSPS) is 11.4. The van der Waals surface area contributed by atoms with Crippen molar-refractivity contribution in [3.05, 3.63) is 89.6 Å². The second kappa shape index (κ2) is 6.39. The number of hydrogen-bond acceptors (Lipinski definition) is 2. The van der Waals surface area contributed by atoms with E-state index in [0.29, 0.717) is 27.1 Å². The van der Waals surface area contributed by atoms with Gasteiger partial charge in [0.25, 0.3) is 0 Å². The molecule has 136 valence electrons. The van der Waals surface area contributed by atoms with E-state index >= 15 is 0 Å². The molecule has 0 saturated carbocycles. The van der Waals surface area contributed by atoms with Crippen LogP contribution in [0.25, 0.3) is 38.8 Å². The van der Waals surface area contributed by atoms with Crippen LogP contribution in [0.4, 0.5) is 8.78 Å². The average molecular weight is 392 g/mol. The molecule has 0 spiro atoms. The van der Waals surface area contributed by atoms with E-state index in [1.807, 2.05) is 42.5 Å². The minimum Gasteiger partial charge on any atom is -0.255 e. The van der Waals surface area contributed by atoms with Crippen LogP contribution in [-0.4, -0.2) is 14.8 Å². The molecule has 5 aromatic rings. The van der Waals surface area contributed by atoms with Crippen LogP contribution in [0.2, 0.25) is 5.02 Å². The van der Waals surface area contributed by atoms with Crippen molar-refractivity contribution >= 4 is 33.4 Å². The van der Waals surface area contributed by atoms with Crippen LogP contribution in [0.1, 0.15) is 0 Å². The van der Waals surface area contributed by atoms with Crippen molar-refractivity contribution in [2.24, 2.45) is 0 Å². The summed E-state index contributed by atoms with van der Waals surface area (Å²) in [6.07, 6.45) is 1.64. The molecule has 0 atom stereocenters. The standard InChI is InChI=1S/C22H12ClF2N3/c23-14-7-4-8-15(9-14)28-22-16-10-18(24)19(25)11-20(16)26-12-17(22)21(27-28)13-5-2-1-3-6-13/h1-12H. The largest absolute Gasteiger partial charge is 0.255 e. The fourth-order valence-corrected chi connectivity index (χ4v) is 3.57. The SMILES string of the molecule is Fc1cc2ncc3c(-c4ccccc4)nn(-c4cccc(Cl)c4)c3c2cc1F. The van der Waals surface area contributed by atoms with E-state index in [2.05, 4.69) is 4.98 Å².